The number of allylic oxidation sites excluding steroid dienone is 3. The van der Waals surface area contributed by atoms with Crippen molar-refractivity contribution in [2.45, 2.75) is 66.8 Å². The van der Waals surface area contributed by atoms with Gasteiger partial charge in [-0.3, -0.25) is 9.59 Å². The van der Waals surface area contributed by atoms with Crippen LogP contribution in [0, 0.1) is 0 Å². The molecule has 2 aromatic rings. The molecule has 6 nitrogen and oxygen atoms in total. The molecule has 6 heteroatoms. The molecule has 0 spiro atoms. The zero-order valence-electron chi connectivity index (χ0n) is 20.1. The van der Waals surface area contributed by atoms with E-state index in [1.165, 1.54) is 25.2 Å². The number of pyridine rings is 1. The summed E-state index contributed by atoms with van der Waals surface area (Å²) in [7, 11) is 1.46. The Morgan fingerprint density at radius 3 is 2.47 bits per heavy atom. The SMILES string of the molecule is CCCCn1c(=O)c(OC(C)=O)c(OC)c2ccc(OC/C=C(\C)CCC=C(C)C)cc21. The Morgan fingerprint density at radius 2 is 1.84 bits per heavy atom. The quantitative estimate of drug-likeness (QED) is 0.325. The van der Waals surface area contributed by atoms with E-state index in [9.17, 15) is 9.59 Å². The highest BCUT2D eigenvalue weighted by Crippen LogP contribution is 2.34. The molecule has 0 fully saturated rings. The monoisotopic (exact) mass is 441 g/mol. The zero-order chi connectivity index (χ0) is 23.7. The summed E-state index contributed by atoms with van der Waals surface area (Å²) >= 11 is 0. The lowest BCUT2D eigenvalue weighted by Gasteiger charge is -2.17. The number of rotatable bonds is 11. The average molecular weight is 442 g/mol. The van der Waals surface area contributed by atoms with Crippen LogP contribution in [0.15, 0.2) is 46.3 Å². The van der Waals surface area contributed by atoms with Gasteiger partial charge in [-0.1, -0.05) is 30.6 Å². The summed E-state index contributed by atoms with van der Waals surface area (Å²) in [5.74, 6) is 0.285. The lowest BCUT2D eigenvalue weighted by molar-refractivity contribution is -0.132. The van der Waals surface area contributed by atoms with Gasteiger partial charge >= 0.3 is 5.97 Å². The van der Waals surface area contributed by atoms with Crippen molar-refractivity contribution in [1.29, 1.82) is 0 Å². The molecule has 0 N–H and O–H groups in total. The number of aryl methyl sites for hydroxylation is 1. The largest absolute Gasteiger partial charge is 0.492 e. The van der Waals surface area contributed by atoms with Crippen molar-refractivity contribution in [3.63, 3.8) is 0 Å². The molecular formula is C26H35NO5. The molecule has 0 saturated heterocycles. The number of methoxy groups -OCH3 is 1. The molecule has 0 aliphatic heterocycles. The van der Waals surface area contributed by atoms with Crippen molar-refractivity contribution in [1.82, 2.24) is 4.57 Å². The number of unbranched alkanes of at least 4 members (excludes halogenated alkanes) is 1. The second kappa shape index (κ2) is 12.1. The first-order valence-corrected chi connectivity index (χ1v) is 11.1. The average Bonchev–Trinajstić information content (AvgIpc) is 2.73. The Labute approximate surface area is 190 Å². The second-order valence-corrected chi connectivity index (χ2v) is 8.13. The molecule has 0 unspecified atom stereocenters. The minimum atomic E-state index is -0.562. The van der Waals surface area contributed by atoms with Crippen LogP contribution < -0.4 is 19.8 Å². The third-order valence-corrected chi connectivity index (χ3v) is 5.11. The van der Waals surface area contributed by atoms with Gasteiger partial charge in [0.1, 0.15) is 12.4 Å². The van der Waals surface area contributed by atoms with Gasteiger partial charge in [0.15, 0.2) is 5.75 Å². The van der Waals surface area contributed by atoms with Crippen LogP contribution in [-0.2, 0) is 11.3 Å². The maximum absolute atomic E-state index is 13.1. The molecule has 32 heavy (non-hydrogen) atoms. The van der Waals surface area contributed by atoms with E-state index in [4.69, 9.17) is 14.2 Å². The van der Waals surface area contributed by atoms with Crippen molar-refractivity contribution in [2.24, 2.45) is 0 Å². The fraction of sp³-hybridized carbons (Fsp3) is 0.462. The van der Waals surface area contributed by atoms with E-state index in [2.05, 4.69) is 39.8 Å². The highest BCUT2D eigenvalue weighted by molar-refractivity contribution is 5.90. The molecule has 0 saturated carbocycles. The van der Waals surface area contributed by atoms with Gasteiger partial charge in [-0.25, -0.2) is 0 Å². The molecule has 0 bridgehead atoms. The first-order valence-electron chi connectivity index (χ1n) is 11.1. The van der Waals surface area contributed by atoms with Crippen LogP contribution in [0.3, 0.4) is 0 Å². The van der Waals surface area contributed by atoms with Gasteiger partial charge in [0.05, 0.1) is 12.6 Å². The van der Waals surface area contributed by atoms with Gasteiger partial charge in [-0.15, -0.1) is 0 Å². The van der Waals surface area contributed by atoms with Gasteiger partial charge in [-0.2, -0.15) is 0 Å². The fourth-order valence-electron chi connectivity index (χ4n) is 3.41. The van der Waals surface area contributed by atoms with E-state index in [1.54, 1.807) is 4.57 Å². The molecule has 0 radical (unpaired) electrons. The van der Waals surface area contributed by atoms with Crippen molar-refractivity contribution in [2.75, 3.05) is 13.7 Å². The molecule has 1 heterocycles. The van der Waals surface area contributed by atoms with Crippen molar-refractivity contribution >= 4 is 16.9 Å². The van der Waals surface area contributed by atoms with E-state index in [-0.39, 0.29) is 17.1 Å². The number of hydrogen-bond acceptors (Lipinski definition) is 5. The molecule has 0 aliphatic carbocycles. The van der Waals surface area contributed by atoms with Crippen LogP contribution in [0.1, 0.15) is 60.3 Å². The molecule has 0 aliphatic rings. The smallest absolute Gasteiger partial charge is 0.308 e. The summed E-state index contributed by atoms with van der Waals surface area (Å²) in [4.78, 5) is 24.7. The number of nitrogens with zero attached hydrogens (tertiary/aromatic N) is 1. The standard InChI is InChI=1S/C26H35NO5/c1-7-8-15-27-23-17-21(31-16-14-19(4)11-9-10-18(2)3)12-13-22(23)24(30-6)25(26(27)29)32-20(5)28/h10,12-14,17H,7-9,11,15-16H2,1-6H3/b19-14+. The van der Waals surface area contributed by atoms with Gasteiger partial charge < -0.3 is 18.8 Å². The molecule has 174 valence electrons. The minimum absolute atomic E-state index is 0.0767. The van der Waals surface area contributed by atoms with Crippen LogP contribution in [0.25, 0.3) is 10.9 Å². The van der Waals surface area contributed by atoms with E-state index < -0.39 is 5.97 Å². The predicted octanol–water partition coefficient (Wildman–Crippen LogP) is 5.81. The first-order chi connectivity index (χ1) is 15.3. The first kappa shape index (κ1) is 25.2. The maximum atomic E-state index is 13.1. The highest BCUT2D eigenvalue weighted by atomic mass is 16.6. The molecule has 0 amide bonds. The molecule has 1 aromatic heterocycles. The summed E-state index contributed by atoms with van der Waals surface area (Å²) < 4.78 is 18.3. The lowest BCUT2D eigenvalue weighted by atomic mass is 10.1. The molecular weight excluding hydrogens is 406 g/mol. The summed E-state index contributed by atoms with van der Waals surface area (Å²) in [6.45, 7) is 10.6. The number of carbonyl (C=O) groups is 1. The lowest BCUT2D eigenvalue weighted by Crippen LogP contribution is -2.24. The number of hydrogen-bond donors (Lipinski definition) is 0. The van der Waals surface area contributed by atoms with Gasteiger partial charge in [0.25, 0.3) is 5.56 Å². The number of benzene rings is 1. The second-order valence-electron chi connectivity index (χ2n) is 8.13. The minimum Gasteiger partial charge on any atom is -0.492 e. The summed E-state index contributed by atoms with van der Waals surface area (Å²) in [5, 5.41) is 0.695. The van der Waals surface area contributed by atoms with Crippen LogP contribution in [0.2, 0.25) is 0 Å². The summed E-state index contributed by atoms with van der Waals surface area (Å²) in [5.41, 5.74) is 2.91. The Balaban J connectivity index is 2.38. The van der Waals surface area contributed by atoms with Crippen molar-refractivity contribution in [3.8, 4) is 17.2 Å². The number of esters is 1. The van der Waals surface area contributed by atoms with Crippen LogP contribution >= 0.6 is 0 Å². The van der Waals surface area contributed by atoms with E-state index >= 15 is 0 Å². The van der Waals surface area contributed by atoms with Gasteiger partial charge in [0.2, 0.25) is 5.75 Å². The van der Waals surface area contributed by atoms with Gasteiger partial charge in [-0.05, 0) is 58.2 Å². The number of fused-ring (bicyclic) bond motifs is 1. The number of carbonyl (C=O) groups excluding carboxylic acids is 1. The maximum Gasteiger partial charge on any atom is 0.308 e. The summed E-state index contributed by atoms with van der Waals surface area (Å²) in [6, 6.07) is 5.52. The Kier molecular flexibility index (Phi) is 9.57. The molecule has 2 rings (SSSR count). The normalized spacial score (nSPS) is 11.4. The third-order valence-electron chi connectivity index (χ3n) is 5.11. The predicted molar refractivity (Wildman–Crippen MR) is 129 cm³/mol. The Morgan fingerprint density at radius 1 is 1.09 bits per heavy atom. The zero-order valence-corrected chi connectivity index (χ0v) is 20.1. The molecule has 0 atom stereocenters. The van der Waals surface area contributed by atoms with E-state index in [0.29, 0.717) is 29.8 Å². The third kappa shape index (κ3) is 6.74. The summed E-state index contributed by atoms with van der Waals surface area (Å²) in [6.07, 6.45) is 8.08. The van der Waals surface area contributed by atoms with Crippen molar-refractivity contribution in [3.05, 3.63) is 51.9 Å². The van der Waals surface area contributed by atoms with E-state index in [0.717, 1.165) is 25.7 Å². The fourth-order valence-corrected chi connectivity index (χ4v) is 3.41. The van der Waals surface area contributed by atoms with Crippen molar-refractivity contribution < 1.29 is 19.0 Å². The van der Waals surface area contributed by atoms with Crippen LogP contribution in [0.5, 0.6) is 17.2 Å². The van der Waals surface area contributed by atoms with Crippen LogP contribution in [0.4, 0.5) is 0 Å². The van der Waals surface area contributed by atoms with Crippen LogP contribution in [-0.4, -0.2) is 24.3 Å². The molecule has 1 aromatic carbocycles. The van der Waals surface area contributed by atoms with E-state index in [1.807, 2.05) is 18.2 Å². The van der Waals surface area contributed by atoms with Gasteiger partial charge in [0, 0.05) is 24.9 Å². The topological polar surface area (TPSA) is 66.8 Å². The Bertz CT molecular complexity index is 1060. The number of ether oxygens (including phenoxy) is 3. The Hall–Kier alpha value is -3.02. The number of aromatic nitrogens is 1. The highest BCUT2D eigenvalue weighted by Gasteiger charge is 2.20.